The molecule has 0 saturated heterocycles. The fraction of sp³-hybridized carbons (Fsp3) is 0.500. The highest BCUT2D eigenvalue weighted by molar-refractivity contribution is 7.89. The molecule has 7 heteroatoms. The van der Waals surface area contributed by atoms with Gasteiger partial charge >= 0.3 is 0 Å². The normalized spacial score (nSPS) is 13.4. The highest BCUT2D eigenvalue weighted by Gasteiger charge is 2.19. The first kappa shape index (κ1) is 16.4. The Morgan fingerprint density at radius 2 is 2.21 bits per heavy atom. The van der Waals surface area contributed by atoms with Crippen LogP contribution < -0.4 is 4.72 Å². The summed E-state index contributed by atoms with van der Waals surface area (Å²) in [4.78, 5) is 0.157. The Labute approximate surface area is 118 Å². The fourth-order valence-electron chi connectivity index (χ4n) is 1.62. The van der Waals surface area contributed by atoms with Crippen LogP contribution >= 0.6 is 11.6 Å². The number of rotatable bonds is 8. The molecule has 0 bridgehead atoms. The lowest BCUT2D eigenvalue weighted by Gasteiger charge is -2.17. The topological polar surface area (TPSA) is 75.6 Å². The van der Waals surface area contributed by atoms with Crippen LogP contribution in [-0.2, 0) is 20.6 Å². The minimum absolute atomic E-state index is 0.113. The molecule has 0 fully saturated rings. The zero-order chi connectivity index (χ0) is 14.3. The fourth-order valence-corrected chi connectivity index (χ4v) is 3.11. The largest absolute Gasteiger partial charge is 0.396 e. The smallest absolute Gasteiger partial charge is 0.240 e. The quantitative estimate of drug-likeness (QED) is 0.705. The SMILES string of the molecule is COCC(CCO)NS(=O)(=O)c1cccc(CCl)c1. The average molecular weight is 308 g/mol. The number of sulfonamides is 1. The molecule has 0 aliphatic carbocycles. The van der Waals surface area contributed by atoms with Crippen LogP contribution in [0, 0.1) is 0 Å². The minimum Gasteiger partial charge on any atom is -0.396 e. The summed E-state index contributed by atoms with van der Waals surface area (Å²) in [6, 6.07) is 5.97. The van der Waals surface area contributed by atoms with Crippen molar-refractivity contribution < 1.29 is 18.3 Å². The maximum Gasteiger partial charge on any atom is 0.240 e. The molecular weight excluding hydrogens is 290 g/mol. The predicted molar refractivity (Wildman–Crippen MR) is 73.7 cm³/mol. The lowest BCUT2D eigenvalue weighted by molar-refractivity contribution is 0.158. The summed E-state index contributed by atoms with van der Waals surface area (Å²) in [5.74, 6) is 0.251. The number of aliphatic hydroxyl groups excluding tert-OH is 1. The molecule has 0 aromatic heterocycles. The molecule has 1 aromatic carbocycles. The number of alkyl halides is 1. The molecular formula is C12H18ClNO4S. The minimum atomic E-state index is -3.64. The van der Waals surface area contributed by atoms with E-state index in [0.717, 1.165) is 5.56 Å². The van der Waals surface area contributed by atoms with Crippen molar-refractivity contribution in [3.05, 3.63) is 29.8 Å². The Morgan fingerprint density at radius 1 is 1.47 bits per heavy atom. The molecule has 0 amide bonds. The summed E-state index contributed by atoms with van der Waals surface area (Å²) < 4.78 is 31.8. The van der Waals surface area contributed by atoms with Gasteiger partial charge in [-0.05, 0) is 24.1 Å². The predicted octanol–water partition coefficient (Wildman–Crippen LogP) is 1.10. The van der Waals surface area contributed by atoms with Crippen LogP contribution in [0.15, 0.2) is 29.2 Å². The zero-order valence-corrected chi connectivity index (χ0v) is 12.2. The van der Waals surface area contributed by atoms with Gasteiger partial charge < -0.3 is 9.84 Å². The van der Waals surface area contributed by atoms with Crippen molar-refractivity contribution in [1.29, 1.82) is 0 Å². The Morgan fingerprint density at radius 3 is 2.79 bits per heavy atom. The van der Waals surface area contributed by atoms with Crippen LogP contribution in [0.5, 0.6) is 0 Å². The molecule has 19 heavy (non-hydrogen) atoms. The number of benzene rings is 1. The zero-order valence-electron chi connectivity index (χ0n) is 10.7. The molecule has 2 N–H and O–H groups in total. The van der Waals surface area contributed by atoms with Crippen LogP contribution in [0.3, 0.4) is 0 Å². The van der Waals surface area contributed by atoms with E-state index in [2.05, 4.69) is 4.72 Å². The van der Waals surface area contributed by atoms with E-state index in [1.807, 2.05) is 0 Å². The van der Waals surface area contributed by atoms with Gasteiger partial charge in [0.2, 0.25) is 10.0 Å². The van der Waals surface area contributed by atoms with Crippen LogP contribution in [0.4, 0.5) is 0 Å². The van der Waals surface area contributed by atoms with Crippen LogP contribution in [0.1, 0.15) is 12.0 Å². The lowest BCUT2D eigenvalue weighted by Crippen LogP contribution is -2.38. The second-order valence-electron chi connectivity index (χ2n) is 4.07. The van der Waals surface area contributed by atoms with E-state index in [0.29, 0.717) is 6.42 Å². The molecule has 0 saturated carbocycles. The number of hydrogen-bond acceptors (Lipinski definition) is 4. The summed E-state index contributed by atoms with van der Waals surface area (Å²) in [5, 5.41) is 8.91. The molecule has 0 aliphatic heterocycles. The van der Waals surface area contributed by atoms with Crippen LogP contribution in [0.25, 0.3) is 0 Å². The van der Waals surface area contributed by atoms with Gasteiger partial charge in [0.25, 0.3) is 0 Å². The molecule has 1 rings (SSSR count). The van der Waals surface area contributed by atoms with Gasteiger partial charge in [0, 0.05) is 25.6 Å². The molecule has 1 aromatic rings. The number of nitrogens with one attached hydrogen (secondary N) is 1. The van der Waals surface area contributed by atoms with Gasteiger partial charge in [0.15, 0.2) is 0 Å². The molecule has 0 heterocycles. The van der Waals surface area contributed by atoms with E-state index < -0.39 is 16.1 Å². The van der Waals surface area contributed by atoms with E-state index >= 15 is 0 Å². The summed E-state index contributed by atoms with van der Waals surface area (Å²) in [7, 11) is -2.16. The number of methoxy groups -OCH3 is 1. The Kier molecular flexibility index (Phi) is 6.74. The van der Waals surface area contributed by atoms with Crippen molar-refractivity contribution >= 4 is 21.6 Å². The standard InChI is InChI=1S/C12H18ClNO4S/c1-18-9-11(5-6-15)14-19(16,17)12-4-2-3-10(7-12)8-13/h2-4,7,11,14-15H,5-6,8-9H2,1H3. The Balaban J connectivity index is 2.89. The lowest BCUT2D eigenvalue weighted by atomic mass is 10.2. The Hall–Kier alpha value is -0.660. The van der Waals surface area contributed by atoms with Gasteiger partial charge in [-0.15, -0.1) is 11.6 Å². The van der Waals surface area contributed by atoms with Crippen molar-refractivity contribution in [3.63, 3.8) is 0 Å². The average Bonchev–Trinajstić information content (AvgIpc) is 2.39. The van der Waals surface area contributed by atoms with Crippen molar-refractivity contribution in [1.82, 2.24) is 4.72 Å². The van der Waals surface area contributed by atoms with Crippen molar-refractivity contribution in [2.75, 3.05) is 20.3 Å². The van der Waals surface area contributed by atoms with Crippen molar-refractivity contribution in [2.45, 2.75) is 23.2 Å². The third-order valence-corrected chi connectivity index (χ3v) is 4.36. The molecule has 0 radical (unpaired) electrons. The van der Waals surface area contributed by atoms with E-state index in [-0.39, 0.29) is 24.0 Å². The first-order valence-electron chi connectivity index (χ1n) is 5.80. The number of ether oxygens (including phenoxy) is 1. The second-order valence-corrected chi connectivity index (χ2v) is 6.05. The summed E-state index contributed by atoms with van der Waals surface area (Å²) in [5.41, 5.74) is 0.731. The van der Waals surface area contributed by atoms with Crippen molar-refractivity contribution in [3.8, 4) is 0 Å². The van der Waals surface area contributed by atoms with Gasteiger partial charge in [0.1, 0.15) is 0 Å². The van der Waals surface area contributed by atoms with Gasteiger partial charge in [-0.25, -0.2) is 13.1 Å². The maximum atomic E-state index is 12.2. The molecule has 0 spiro atoms. The molecule has 1 atom stereocenters. The highest BCUT2D eigenvalue weighted by Crippen LogP contribution is 2.14. The first-order valence-corrected chi connectivity index (χ1v) is 7.82. The van der Waals surface area contributed by atoms with Crippen LogP contribution in [0.2, 0.25) is 0 Å². The van der Waals surface area contributed by atoms with Crippen molar-refractivity contribution in [2.24, 2.45) is 0 Å². The summed E-state index contributed by atoms with van der Waals surface area (Å²) in [6.07, 6.45) is 0.294. The second kappa shape index (κ2) is 7.81. The van der Waals surface area contributed by atoms with E-state index in [9.17, 15) is 8.42 Å². The summed E-state index contributed by atoms with van der Waals surface area (Å²) in [6.45, 7) is 0.0905. The number of halogens is 1. The number of hydrogen-bond donors (Lipinski definition) is 2. The summed E-state index contributed by atoms with van der Waals surface area (Å²) >= 11 is 5.69. The van der Waals surface area contributed by atoms with Gasteiger partial charge in [-0.3, -0.25) is 0 Å². The third kappa shape index (κ3) is 5.08. The number of aliphatic hydroxyl groups is 1. The van der Waals surface area contributed by atoms with Crippen LogP contribution in [-0.4, -0.2) is 39.9 Å². The maximum absolute atomic E-state index is 12.2. The third-order valence-electron chi connectivity index (χ3n) is 2.53. The van der Waals surface area contributed by atoms with Gasteiger partial charge in [0.05, 0.1) is 11.5 Å². The molecule has 5 nitrogen and oxygen atoms in total. The van der Waals surface area contributed by atoms with E-state index in [4.69, 9.17) is 21.4 Å². The first-order chi connectivity index (χ1) is 9.03. The van der Waals surface area contributed by atoms with E-state index in [1.54, 1.807) is 12.1 Å². The molecule has 0 aliphatic rings. The van der Waals surface area contributed by atoms with Gasteiger partial charge in [-0.1, -0.05) is 12.1 Å². The monoisotopic (exact) mass is 307 g/mol. The Bertz CT molecular complexity index is 486. The molecule has 1 unspecified atom stereocenters. The molecule has 108 valence electrons. The van der Waals surface area contributed by atoms with E-state index in [1.165, 1.54) is 19.2 Å². The van der Waals surface area contributed by atoms with Gasteiger partial charge in [-0.2, -0.15) is 0 Å². The highest BCUT2D eigenvalue weighted by atomic mass is 35.5.